The van der Waals surface area contributed by atoms with E-state index in [4.69, 9.17) is 9.26 Å². The van der Waals surface area contributed by atoms with Crippen LogP contribution in [0.25, 0.3) is 11.4 Å². The van der Waals surface area contributed by atoms with Crippen LogP contribution in [0.2, 0.25) is 0 Å². The molecule has 130 valence electrons. The molecule has 24 heavy (non-hydrogen) atoms. The maximum absolute atomic E-state index is 12.8. The summed E-state index contributed by atoms with van der Waals surface area (Å²) in [6.45, 7) is 5.83. The summed E-state index contributed by atoms with van der Waals surface area (Å²) in [7, 11) is 0. The molecular weight excluding hydrogens is 323 g/mol. The van der Waals surface area contributed by atoms with Crippen molar-refractivity contribution >= 4 is 0 Å². The Morgan fingerprint density at radius 3 is 2.83 bits per heavy atom. The molecular formula is C16H18F3N3O2. The van der Waals surface area contributed by atoms with E-state index in [-0.39, 0.29) is 23.5 Å². The zero-order valence-electron chi connectivity index (χ0n) is 13.4. The van der Waals surface area contributed by atoms with Gasteiger partial charge in [0.2, 0.25) is 11.7 Å². The fourth-order valence-corrected chi connectivity index (χ4v) is 2.64. The van der Waals surface area contributed by atoms with Crippen LogP contribution in [0.3, 0.4) is 0 Å². The van der Waals surface area contributed by atoms with Gasteiger partial charge in [-0.3, -0.25) is 4.90 Å². The first-order chi connectivity index (χ1) is 11.3. The second-order valence-corrected chi connectivity index (χ2v) is 6.01. The van der Waals surface area contributed by atoms with Crippen LogP contribution in [0.4, 0.5) is 13.2 Å². The Morgan fingerprint density at radius 1 is 1.29 bits per heavy atom. The molecule has 0 saturated carbocycles. The predicted molar refractivity (Wildman–Crippen MR) is 80.0 cm³/mol. The highest BCUT2D eigenvalue weighted by molar-refractivity contribution is 5.55. The predicted octanol–water partition coefficient (Wildman–Crippen LogP) is 3.36. The van der Waals surface area contributed by atoms with E-state index < -0.39 is 11.7 Å². The number of ether oxygens (including phenoxy) is 1. The average molecular weight is 341 g/mol. The van der Waals surface area contributed by atoms with E-state index in [0.717, 1.165) is 18.7 Å². The minimum atomic E-state index is -4.40. The number of benzene rings is 1. The standard InChI is InChI=1S/C16H18F3N3O2/c1-10-9-23-11(2)7-22(10)8-14-20-15(21-24-14)12-4-3-5-13(6-12)16(17,18)19/h3-6,10-11H,7-9H2,1-2H3. The van der Waals surface area contributed by atoms with Crippen LogP contribution < -0.4 is 0 Å². The summed E-state index contributed by atoms with van der Waals surface area (Å²) >= 11 is 0. The summed E-state index contributed by atoms with van der Waals surface area (Å²) in [5.41, 5.74) is -0.454. The number of rotatable bonds is 3. The van der Waals surface area contributed by atoms with Crippen LogP contribution in [0, 0.1) is 0 Å². The lowest BCUT2D eigenvalue weighted by molar-refractivity contribution is -0.137. The van der Waals surface area contributed by atoms with Gasteiger partial charge in [-0.2, -0.15) is 18.2 Å². The third kappa shape index (κ3) is 3.76. The van der Waals surface area contributed by atoms with E-state index in [1.165, 1.54) is 12.1 Å². The molecule has 0 radical (unpaired) electrons. The Balaban J connectivity index is 1.76. The maximum Gasteiger partial charge on any atom is 0.416 e. The lowest BCUT2D eigenvalue weighted by Crippen LogP contribution is -2.46. The molecule has 1 aliphatic rings. The van der Waals surface area contributed by atoms with Gasteiger partial charge in [0.1, 0.15) is 0 Å². The Bertz CT molecular complexity index is 702. The molecule has 2 aromatic rings. The Morgan fingerprint density at radius 2 is 2.08 bits per heavy atom. The highest BCUT2D eigenvalue weighted by Gasteiger charge is 2.31. The minimum absolute atomic E-state index is 0.118. The van der Waals surface area contributed by atoms with Crippen LogP contribution in [-0.4, -0.2) is 40.3 Å². The minimum Gasteiger partial charge on any atom is -0.376 e. The molecule has 2 atom stereocenters. The summed E-state index contributed by atoms with van der Waals surface area (Å²) in [6, 6.07) is 5.11. The van der Waals surface area contributed by atoms with Gasteiger partial charge in [0, 0.05) is 18.2 Å². The second kappa shape index (κ2) is 6.52. The molecule has 8 heteroatoms. The van der Waals surface area contributed by atoms with Gasteiger partial charge in [0.05, 0.1) is 24.8 Å². The number of alkyl halides is 3. The summed E-state index contributed by atoms with van der Waals surface area (Å²) in [6.07, 6.45) is -4.28. The SMILES string of the molecule is CC1CN(Cc2nc(-c3cccc(C(F)(F)F)c3)no2)C(C)CO1. The summed E-state index contributed by atoms with van der Waals surface area (Å²) in [4.78, 5) is 6.38. The quantitative estimate of drug-likeness (QED) is 0.857. The van der Waals surface area contributed by atoms with Crippen molar-refractivity contribution < 1.29 is 22.4 Å². The average Bonchev–Trinajstić information content (AvgIpc) is 2.99. The van der Waals surface area contributed by atoms with Crippen LogP contribution in [0.15, 0.2) is 28.8 Å². The van der Waals surface area contributed by atoms with Crippen molar-refractivity contribution in [3.8, 4) is 11.4 Å². The van der Waals surface area contributed by atoms with Crippen LogP contribution in [-0.2, 0) is 17.5 Å². The molecule has 0 amide bonds. The molecule has 0 aliphatic carbocycles. The highest BCUT2D eigenvalue weighted by atomic mass is 19.4. The van der Waals surface area contributed by atoms with Gasteiger partial charge < -0.3 is 9.26 Å². The van der Waals surface area contributed by atoms with Crippen molar-refractivity contribution in [1.29, 1.82) is 0 Å². The molecule has 3 rings (SSSR count). The van der Waals surface area contributed by atoms with Crippen molar-refractivity contribution in [3.05, 3.63) is 35.7 Å². The monoisotopic (exact) mass is 341 g/mol. The number of hydrogen-bond donors (Lipinski definition) is 0. The third-order valence-corrected chi connectivity index (χ3v) is 3.99. The van der Waals surface area contributed by atoms with E-state index in [1.807, 2.05) is 13.8 Å². The van der Waals surface area contributed by atoms with Gasteiger partial charge in [0.15, 0.2) is 0 Å². The number of aromatic nitrogens is 2. The molecule has 0 spiro atoms. The lowest BCUT2D eigenvalue weighted by Gasteiger charge is -2.35. The lowest BCUT2D eigenvalue weighted by atomic mass is 10.1. The van der Waals surface area contributed by atoms with E-state index in [9.17, 15) is 13.2 Å². The number of nitrogens with zero attached hydrogens (tertiary/aromatic N) is 3. The molecule has 1 fully saturated rings. The van der Waals surface area contributed by atoms with Crippen molar-refractivity contribution in [3.63, 3.8) is 0 Å². The van der Waals surface area contributed by atoms with Crippen LogP contribution in [0.5, 0.6) is 0 Å². The molecule has 1 aromatic heterocycles. The van der Waals surface area contributed by atoms with Gasteiger partial charge in [-0.1, -0.05) is 17.3 Å². The largest absolute Gasteiger partial charge is 0.416 e. The first-order valence-electron chi connectivity index (χ1n) is 7.69. The van der Waals surface area contributed by atoms with Crippen molar-refractivity contribution in [2.75, 3.05) is 13.2 Å². The third-order valence-electron chi connectivity index (χ3n) is 3.99. The number of morpholine rings is 1. The van der Waals surface area contributed by atoms with Crippen molar-refractivity contribution in [2.24, 2.45) is 0 Å². The molecule has 0 bridgehead atoms. The van der Waals surface area contributed by atoms with Crippen molar-refractivity contribution in [2.45, 2.75) is 38.7 Å². The van der Waals surface area contributed by atoms with Crippen LogP contribution >= 0.6 is 0 Å². The second-order valence-electron chi connectivity index (χ2n) is 6.01. The van der Waals surface area contributed by atoms with E-state index in [2.05, 4.69) is 15.0 Å². The topological polar surface area (TPSA) is 51.4 Å². The molecule has 5 nitrogen and oxygen atoms in total. The Labute approximate surface area is 137 Å². The first kappa shape index (κ1) is 16.9. The Hall–Kier alpha value is -1.93. The van der Waals surface area contributed by atoms with E-state index in [0.29, 0.717) is 19.0 Å². The van der Waals surface area contributed by atoms with Gasteiger partial charge in [-0.05, 0) is 26.0 Å². The molecule has 2 unspecified atom stereocenters. The zero-order valence-corrected chi connectivity index (χ0v) is 13.4. The number of hydrogen-bond acceptors (Lipinski definition) is 5. The molecule has 2 heterocycles. The van der Waals surface area contributed by atoms with E-state index >= 15 is 0 Å². The maximum atomic E-state index is 12.8. The van der Waals surface area contributed by atoms with Crippen molar-refractivity contribution in [1.82, 2.24) is 15.0 Å². The fourth-order valence-electron chi connectivity index (χ4n) is 2.64. The van der Waals surface area contributed by atoms with Crippen LogP contribution in [0.1, 0.15) is 25.3 Å². The number of halogens is 3. The fraction of sp³-hybridized carbons (Fsp3) is 0.500. The van der Waals surface area contributed by atoms with Gasteiger partial charge in [-0.15, -0.1) is 0 Å². The summed E-state index contributed by atoms with van der Waals surface area (Å²) in [5, 5.41) is 3.81. The molecule has 1 aromatic carbocycles. The zero-order chi connectivity index (χ0) is 17.3. The summed E-state index contributed by atoms with van der Waals surface area (Å²) < 4.78 is 49.2. The van der Waals surface area contributed by atoms with Gasteiger partial charge in [0.25, 0.3) is 0 Å². The molecule has 0 N–H and O–H groups in total. The summed E-state index contributed by atoms with van der Waals surface area (Å²) in [5.74, 6) is 0.536. The molecule has 1 aliphatic heterocycles. The van der Waals surface area contributed by atoms with E-state index in [1.54, 1.807) is 0 Å². The first-order valence-corrected chi connectivity index (χ1v) is 7.69. The smallest absolute Gasteiger partial charge is 0.376 e. The highest BCUT2D eigenvalue weighted by Crippen LogP contribution is 2.31. The normalized spacial score (nSPS) is 22.7. The molecule has 1 saturated heterocycles. The van der Waals surface area contributed by atoms with Gasteiger partial charge in [-0.25, -0.2) is 0 Å². The Kier molecular flexibility index (Phi) is 4.60. The van der Waals surface area contributed by atoms with Gasteiger partial charge >= 0.3 is 6.18 Å².